The van der Waals surface area contributed by atoms with Gasteiger partial charge >= 0.3 is 0 Å². The number of aliphatic imine (C=N–C) groups is 1. The van der Waals surface area contributed by atoms with Crippen molar-refractivity contribution in [2.75, 3.05) is 39.9 Å². The fourth-order valence-electron chi connectivity index (χ4n) is 1.83. The van der Waals surface area contributed by atoms with E-state index >= 15 is 0 Å². The van der Waals surface area contributed by atoms with Gasteiger partial charge in [0, 0.05) is 44.9 Å². The van der Waals surface area contributed by atoms with Crippen LogP contribution in [-0.2, 0) is 14.8 Å². The van der Waals surface area contributed by atoms with E-state index in [9.17, 15) is 8.42 Å². The molecule has 0 aliphatic carbocycles. The highest BCUT2D eigenvalue weighted by Gasteiger charge is 2.13. The number of ether oxygens (including phenoxy) is 1. The average molecular weight is 377 g/mol. The monoisotopic (exact) mass is 376 g/mol. The van der Waals surface area contributed by atoms with E-state index in [2.05, 4.69) is 20.3 Å². The molecule has 1 aromatic carbocycles. The van der Waals surface area contributed by atoms with Crippen LogP contribution in [0.25, 0.3) is 0 Å². The van der Waals surface area contributed by atoms with Crippen molar-refractivity contribution in [1.29, 1.82) is 0 Å². The number of hydrogen-bond acceptors (Lipinski definition) is 4. The molecule has 136 valence electrons. The maximum Gasteiger partial charge on any atom is 0.240 e. The third kappa shape index (κ3) is 7.96. The van der Waals surface area contributed by atoms with Crippen LogP contribution >= 0.6 is 11.6 Å². The Balaban J connectivity index is 2.44. The van der Waals surface area contributed by atoms with Gasteiger partial charge in [-0.3, -0.25) is 4.99 Å². The second-order valence-electron chi connectivity index (χ2n) is 4.89. The molecule has 0 aliphatic heterocycles. The van der Waals surface area contributed by atoms with Crippen molar-refractivity contribution in [2.45, 2.75) is 18.2 Å². The molecule has 0 atom stereocenters. The number of hydrogen-bond donors (Lipinski definition) is 3. The van der Waals surface area contributed by atoms with Crippen LogP contribution in [0.5, 0.6) is 0 Å². The highest BCUT2D eigenvalue weighted by atomic mass is 35.5. The number of nitrogens with zero attached hydrogens (tertiary/aromatic N) is 1. The van der Waals surface area contributed by atoms with Gasteiger partial charge in [-0.25, -0.2) is 13.1 Å². The Hall–Kier alpha value is -1.35. The van der Waals surface area contributed by atoms with E-state index in [1.165, 1.54) is 12.1 Å². The summed E-state index contributed by atoms with van der Waals surface area (Å²) < 4.78 is 31.8. The molecule has 9 heteroatoms. The molecule has 0 fully saturated rings. The fourth-order valence-corrected chi connectivity index (χ4v) is 3.16. The summed E-state index contributed by atoms with van der Waals surface area (Å²) in [5.74, 6) is 0.649. The first-order chi connectivity index (χ1) is 11.5. The van der Waals surface area contributed by atoms with Crippen molar-refractivity contribution in [2.24, 2.45) is 4.99 Å². The Morgan fingerprint density at radius 1 is 1.29 bits per heavy atom. The molecule has 1 rings (SSSR count). The van der Waals surface area contributed by atoms with Crippen molar-refractivity contribution in [1.82, 2.24) is 15.4 Å². The lowest BCUT2D eigenvalue weighted by atomic mass is 10.4. The molecule has 0 saturated carbocycles. The molecule has 7 nitrogen and oxygen atoms in total. The second-order valence-corrected chi connectivity index (χ2v) is 7.09. The third-order valence-corrected chi connectivity index (χ3v) is 4.63. The Labute approximate surface area is 148 Å². The van der Waals surface area contributed by atoms with Gasteiger partial charge in [-0.2, -0.15) is 0 Å². The first-order valence-electron chi connectivity index (χ1n) is 7.76. The van der Waals surface area contributed by atoms with Gasteiger partial charge in [-0.15, -0.1) is 0 Å². The molecule has 0 aromatic heterocycles. The summed E-state index contributed by atoms with van der Waals surface area (Å²) in [6, 6.07) is 6.15. The van der Waals surface area contributed by atoms with Crippen molar-refractivity contribution >= 4 is 27.6 Å². The number of halogens is 1. The molecule has 24 heavy (non-hydrogen) atoms. The van der Waals surface area contributed by atoms with Crippen molar-refractivity contribution in [3.8, 4) is 0 Å². The molecule has 3 N–H and O–H groups in total. The van der Waals surface area contributed by atoms with Gasteiger partial charge in [0.05, 0.1) is 4.90 Å². The lowest BCUT2D eigenvalue weighted by Gasteiger charge is -2.12. The molecule has 0 heterocycles. The summed E-state index contributed by atoms with van der Waals surface area (Å²) in [5.41, 5.74) is 0. The molecular weight excluding hydrogens is 352 g/mol. The molecule has 0 radical (unpaired) electrons. The summed E-state index contributed by atoms with van der Waals surface area (Å²) in [6.45, 7) is 4.63. The standard InChI is InChI=1S/C15H25ClN4O3S/c1-3-17-15(18-8-5-11-23-2)19-9-10-20-24(21,22)14-7-4-6-13(16)12-14/h4,6-7,12,20H,3,5,8-11H2,1-2H3,(H2,17,18,19). The average Bonchev–Trinajstić information content (AvgIpc) is 2.55. The van der Waals surface area contributed by atoms with Gasteiger partial charge in [0.2, 0.25) is 10.0 Å². The van der Waals surface area contributed by atoms with Gasteiger partial charge in [0.1, 0.15) is 0 Å². The maximum absolute atomic E-state index is 12.1. The zero-order valence-electron chi connectivity index (χ0n) is 14.0. The van der Waals surface area contributed by atoms with Gasteiger partial charge in [0.15, 0.2) is 5.96 Å². The highest BCUT2D eigenvalue weighted by Crippen LogP contribution is 2.14. The predicted molar refractivity (Wildman–Crippen MR) is 97.1 cm³/mol. The highest BCUT2D eigenvalue weighted by molar-refractivity contribution is 7.89. The summed E-state index contributed by atoms with van der Waals surface area (Å²) in [4.78, 5) is 4.52. The SMILES string of the molecule is CCNC(=NCCCOC)NCCNS(=O)(=O)c1cccc(Cl)c1. The smallest absolute Gasteiger partial charge is 0.240 e. The summed E-state index contributed by atoms with van der Waals surface area (Å²) in [7, 11) is -1.92. The van der Waals surface area contributed by atoms with Crippen molar-refractivity contribution in [3.63, 3.8) is 0 Å². The van der Waals surface area contributed by atoms with E-state index in [1.807, 2.05) is 6.92 Å². The third-order valence-electron chi connectivity index (χ3n) is 2.94. The molecule has 0 saturated heterocycles. The van der Waals surface area contributed by atoms with E-state index in [0.717, 1.165) is 13.0 Å². The van der Waals surface area contributed by atoms with Crippen LogP contribution in [0.2, 0.25) is 5.02 Å². The van der Waals surface area contributed by atoms with Crippen LogP contribution in [0.3, 0.4) is 0 Å². The van der Waals surface area contributed by atoms with E-state index < -0.39 is 10.0 Å². The lowest BCUT2D eigenvalue weighted by molar-refractivity contribution is 0.197. The Bertz CT molecular complexity index is 623. The number of methoxy groups -OCH3 is 1. The zero-order valence-corrected chi connectivity index (χ0v) is 15.6. The minimum atomic E-state index is -3.57. The van der Waals surface area contributed by atoms with E-state index in [-0.39, 0.29) is 11.4 Å². The van der Waals surface area contributed by atoms with Crippen molar-refractivity contribution in [3.05, 3.63) is 29.3 Å². The summed E-state index contributed by atoms with van der Waals surface area (Å²) in [5, 5.41) is 6.56. The van der Waals surface area contributed by atoms with Crippen LogP contribution in [0, 0.1) is 0 Å². The van der Waals surface area contributed by atoms with E-state index in [4.69, 9.17) is 16.3 Å². The van der Waals surface area contributed by atoms with Gasteiger partial charge in [-0.05, 0) is 31.5 Å². The Morgan fingerprint density at radius 2 is 2.08 bits per heavy atom. The minimum Gasteiger partial charge on any atom is -0.385 e. The molecule has 0 unspecified atom stereocenters. The van der Waals surface area contributed by atoms with Gasteiger partial charge < -0.3 is 15.4 Å². The van der Waals surface area contributed by atoms with Crippen LogP contribution in [0.1, 0.15) is 13.3 Å². The normalized spacial score (nSPS) is 12.2. The molecule has 0 spiro atoms. The lowest BCUT2D eigenvalue weighted by Crippen LogP contribution is -2.41. The fraction of sp³-hybridized carbons (Fsp3) is 0.533. The van der Waals surface area contributed by atoms with Gasteiger partial charge in [0.25, 0.3) is 0 Å². The van der Waals surface area contributed by atoms with Crippen LogP contribution in [0.15, 0.2) is 34.2 Å². The number of rotatable bonds is 10. The van der Waals surface area contributed by atoms with Crippen LogP contribution < -0.4 is 15.4 Å². The van der Waals surface area contributed by atoms with Crippen molar-refractivity contribution < 1.29 is 13.2 Å². The van der Waals surface area contributed by atoms with E-state index in [0.29, 0.717) is 30.7 Å². The van der Waals surface area contributed by atoms with Crippen LogP contribution in [-0.4, -0.2) is 54.3 Å². The number of nitrogens with one attached hydrogen (secondary N) is 3. The molecule has 1 aromatic rings. The minimum absolute atomic E-state index is 0.148. The predicted octanol–water partition coefficient (Wildman–Crippen LogP) is 1.21. The first kappa shape index (κ1) is 20.7. The number of benzene rings is 1. The number of sulfonamides is 1. The molecule has 0 amide bonds. The molecule has 0 bridgehead atoms. The summed E-state index contributed by atoms with van der Waals surface area (Å²) in [6.07, 6.45) is 0.828. The zero-order chi connectivity index (χ0) is 17.8. The summed E-state index contributed by atoms with van der Waals surface area (Å²) >= 11 is 5.82. The van der Waals surface area contributed by atoms with E-state index in [1.54, 1.807) is 19.2 Å². The largest absolute Gasteiger partial charge is 0.385 e. The number of guanidine groups is 1. The first-order valence-corrected chi connectivity index (χ1v) is 9.62. The molecule has 0 aliphatic rings. The topological polar surface area (TPSA) is 91.8 Å². The molecular formula is C15H25ClN4O3S. The Morgan fingerprint density at radius 3 is 2.75 bits per heavy atom. The Kier molecular flexibility index (Phi) is 9.70. The quantitative estimate of drug-likeness (QED) is 0.324. The van der Waals surface area contributed by atoms with Gasteiger partial charge in [-0.1, -0.05) is 17.7 Å². The second kappa shape index (κ2) is 11.2. The van der Waals surface area contributed by atoms with Crippen LogP contribution in [0.4, 0.5) is 0 Å². The maximum atomic E-state index is 12.1.